The molecular weight excluding hydrogens is 312 g/mol. The fourth-order valence-electron chi connectivity index (χ4n) is 2.68. The molecule has 2 aromatic rings. The van der Waals surface area contributed by atoms with Crippen LogP contribution in [-0.4, -0.2) is 31.7 Å². The molecule has 0 radical (unpaired) electrons. The maximum Gasteiger partial charge on any atom is 0.244 e. The number of aryl methyl sites for hydroxylation is 1. The standard InChI is InChI=1S/C17H18N2O3S/c1-13-7-9-15(10-8-13)23(21,22)19-12-17(20)18-11-16(19)14-5-3-2-4-6-14/h2-10,16H,11-12H2,1H3,(H,18,20). The molecule has 2 aromatic carbocycles. The zero-order chi connectivity index (χ0) is 16.4. The third-order valence-electron chi connectivity index (χ3n) is 3.95. The van der Waals surface area contributed by atoms with Gasteiger partial charge in [0.25, 0.3) is 0 Å². The average molecular weight is 330 g/mol. The maximum atomic E-state index is 13.0. The first kappa shape index (κ1) is 15.7. The van der Waals surface area contributed by atoms with Crippen molar-refractivity contribution in [2.75, 3.05) is 13.1 Å². The van der Waals surface area contributed by atoms with E-state index in [0.717, 1.165) is 11.1 Å². The van der Waals surface area contributed by atoms with Gasteiger partial charge >= 0.3 is 0 Å². The number of hydrogen-bond acceptors (Lipinski definition) is 3. The van der Waals surface area contributed by atoms with Crippen LogP contribution in [0.15, 0.2) is 59.5 Å². The molecule has 5 nitrogen and oxygen atoms in total. The van der Waals surface area contributed by atoms with E-state index in [1.54, 1.807) is 24.3 Å². The predicted molar refractivity (Wildman–Crippen MR) is 87.3 cm³/mol. The molecule has 0 aliphatic carbocycles. The lowest BCUT2D eigenvalue weighted by molar-refractivity contribution is -0.123. The van der Waals surface area contributed by atoms with Gasteiger partial charge in [-0.25, -0.2) is 8.42 Å². The van der Waals surface area contributed by atoms with Crippen LogP contribution in [0.5, 0.6) is 0 Å². The number of amides is 1. The Labute approximate surface area is 136 Å². The molecule has 0 saturated carbocycles. The Hall–Kier alpha value is -2.18. The number of nitrogens with one attached hydrogen (secondary N) is 1. The monoisotopic (exact) mass is 330 g/mol. The molecular formula is C17H18N2O3S. The number of piperazine rings is 1. The van der Waals surface area contributed by atoms with Crippen LogP contribution in [0.25, 0.3) is 0 Å². The Kier molecular flexibility index (Phi) is 4.19. The van der Waals surface area contributed by atoms with Gasteiger partial charge < -0.3 is 5.32 Å². The molecule has 1 fully saturated rings. The van der Waals surface area contributed by atoms with Crippen molar-refractivity contribution >= 4 is 15.9 Å². The van der Waals surface area contributed by atoms with Crippen LogP contribution in [0.4, 0.5) is 0 Å². The molecule has 3 rings (SSSR count). The van der Waals surface area contributed by atoms with E-state index in [9.17, 15) is 13.2 Å². The predicted octanol–water partition coefficient (Wildman–Crippen LogP) is 1.86. The average Bonchev–Trinajstić information content (AvgIpc) is 2.56. The highest BCUT2D eigenvalue weighted by atomic mass is 32.2. The lowest BCUT2D eigenvalue weighted by Crippen LogP contribution is -2.51. The molecule has 23 heavy (non-hydrogen) atoms. The van der Waals surface area contributed by atoms with Crippen LogP contribution in [0.3, 0.4) is 0 Å². The van der Waals surface area contributed by atoms with Crippen LogP contribution >= 0.6 is 0 Å². The van der Waals surface area contributed by atoms with E-state index in [0.29, 0.717) is 0 Å². The first-order valence-electron chi connectivity index (χ1n) is 7.38. The molecule has 1 aliphatic heterocycles. The highest BCUT2D eigenvalue weighted by Gasteiger charge is 2.37. The van der Waals surface area contributed by atoms with E-state index in [-0.39, 0.29) is 23.9 Å². The number of rotatable bonds is 3. The molecule has 1 N–H and O–H groups in total. The Balaban J connectivity index is 2.02. The number of nitrogens with zero attached hydrogens (tertiary/aromatic N) is 1. The fraction of sp³-hybridized carbons (Fsp3) is 0.235. The van der Waals surface area contributed by atoms with Crippen molar-refractivity contribution in [3.8, 4) is 0 Å². The second-order valence-electron chi connectivity index (χ2n) is 5.59. The van der Waals surface area contributed by atoms with Crippen LogP contribution in [0, 0.1) is 6.92 Å². The molecule has 0 spiro atoms. The number of carbonyl (C=O) groups is 1. The molecule has 1 unspecified atom stereocenters. The van der Waals surface area contributed by atoms with Crippen LogP contribution < -0.4 is 5.32 Å². The molecule has 1 atom stereocenters. The van der Waals surface area contributed by atoms with E-state index in [1.165, 1.54) is 4.31 Å². The molecule has 0 aromatic heterocycles. The SMILES string of the molecule is Cc1ccc(S(=O)(=O)N2CC(=O)NCC2c2ccccc2)cc1. The normalized spacial score (nSPS) is 19.3. The Morgan fingerprint density at radius 1 is 1.04 bits per heavy atom. The van der Waals surface area contributed by atoms with E-state index in [1.807, 2.05) is 37.3 Å². The minimum Gasteiger partial charge on any atom is -0.353 e. The summed E-state index contributed by atoms with van der Waals surface area (Å²) in [5.41, 5.74) is 1.85. The van der Waals surface area contributed by atoms with Gasteiger partial charge in [-0.3, -0.25) is 4.79 Å². The summed E-state index contributed by atoms with van der Waals surface area (Å²) < 4.78 is 27.2. The van der Waals surface area contributed by atoms with Gasteiger partial charge in [0.2, 0.25) is 15.9 Å². The van der Waals surface area contributed by atoms with Crippen molar-refractivity contribution in [2.24, 2.45) is 0 Å². The van der Waals surface area contributed by atoms with Gasteiger partial charge in [0.1, 0.15) is 0 Å². The maximum absolute atomic E-state index is 13.0. The fourth-order valence-corrected chi connectivity index (χ4v) is 4.25. The quantitative estimate of drug-likeness (QED) is 0.934. The summed E-state index contributed by atoms with van der Waals surface area (Å²) in [6.45, 7) is 2.00. The first-order valence-corrected chi connectivity index (χ1v) is 8.82. The summed E-state index contributed by atoms with van der Waals surface area (Å²) in [5.74, 6) is -0.284. The Morgan fingerprint density at radius 2 is 1.70 bits per heavy atom. The number of carbonyl (C=O) groups excluding carboxylic acids is 1. The summed E-state index contributed by atoms with van der Waals surface area (Å²) in [6.07, 6.45) is 0. The number of hydrogen-bond donors (Lipinski definition) is 1. The zero-order valence-corrected chi connectivity index (χ0v) is 13.6. The van der Waals surface area contributed by atoms with Gasteiger partial charge in [-0.1, -0.05) is 48.0 Å². The van der Waals surface area contributed by atoms with Crippen LogP contribution in [-0.2, 0) is 14.8 Å². The summed E-state index contributed by atoms with van der Waals surface area (Å²) in [7, 11) is -3.74. The van der Waals surface area contributed by atoms with Crippen molar-refractivity contribution in [1.29, 1.82) is 0 Å². The highest BCUT2D eigenvalue weighted by molar-refractivity contribution is 7.89. The second kappa shape index (κ2) is 6.14. The van der Waals surface area contributed by atoms with Crippen molar-refractivity contribution in [1.82, 2.24) is 9.62 Å². The molecule has 1 saturated heterocycles. The van der Waals surface area contributed by atoms with E-state index in [2.05, 4.69) is 5.32 Å². The third kappa shape index (κ3) is 3.13. The third-order valence-corrected chi connectivity index (χ3v) is 5.82. The van der Waals surface area contributed by atoms with Gasteiger partial charge in [0, 0.05) is 6.54 Å². The summed E-state index contributed by atoms with van der Waals surface area (Å²) in [4.78, 5) is 12.0. The summed E-state index contributed by atoms with van der Waals surface area (Å²) in [5, 5.41) is 2.75. The molecule has 1 aliphatic rings. The van der Waals surface area contributed by atoms with Gasteiger partial charge in [-0.2, -0.15) is 4.31 Å². The van der Waals surface area contributed by atoms with E-state index in [4.69, 9.17) is 0 Å². The van der Waals surface area contributed by atoms with E-state index < -0.39 is 16.1 Å². The largest absolute Gasteiger partial charge is 0.353 e. The van der Waals surface area contributed by atoms with Crippen LogP contribution in [0.1, 0.15) is 17.2 Å². The minimum absolute atomic E-state index is 0.171. The lowest BCUT2D eigenvalue weighted by Gasteiger charge is -2.34. The van der Waals surface area contributed by atoms with Gasteiger partial charge in [0.05, 0.1) is 17.5 Å². The lowest BCUT2D eigenvalue weighted by atomic mass is 10.1. The minimum atomic E-state index is -3.74. The summed E-state index contributed by atoms with van der Waals surface area (Å²) >= 11 is 0. The molecule has 6 heteroatoms. The smallest absolute Gasteiger partial charge is 0.244 e. The highest BCUT2D eigenvalue weighted by Crippen LogP contribution is 2.29. The topological polar surface area (TPSA) is 66.5 Å². The van der Waals surface area contributed by atoms with Gasteiger partial charge in [-0.15, -0.1) is 0 Å². The summed E-state index contributed by atoms with van der Waals surface area (Å²) in [6, 6.07) is 15.6. The zero-order valence-electron chi connectivity index (χ0n) is 12.8. The van der Waals surface area contributed by atoms with Gasteiger partial charge in [-0.05, 0) is 24.6 Å². The molecule has 1 amide bonds. The van der Waals surface area contributed by atoms with Gasteiger partial charge in [0.15, 0.2) is 0 Å². The number of benzene rings is 2. The van der Waals surface area contributed by atoms with E-state index >= 15 is 0 Å². The van der Waals surface area contributed by atoms with Crippen molar-refractivity contribution in [3.63, 3.8) is 0 Å². The number of sulfonamides is 1. The molecule has 0 bridgehead atoms. The first-order chi connectivity index (χ1) is 11.0. The van der Waals surface area contributed by atoms with Crippen molar-refractivity contribution < 1.29 is 13.2 Å². The molecule has 1 heterocycles. The van der Waals surface area contributed by atoms with Crippen LogP contribution in [0.2, 0.25) is 0 Å². The van der Waals surface area contributed by atoms with Crippen molar-refractivity contribution in [3.05, 3.63) is 65.7 Å². The Bertz CT molecular complexity index is 801. The second-order valence-corrected chi connectivity index (χ2v) is 7.48. The Morgan fingerprint density at radius 3 is 2.35 bits per heavy atom. The van der Waals surface area contributed by atoms with Crippen molar-refractivity contribution in [2.45, 2.75) is 17.9 Å². The molecule has 120 valence electrons.